The van der Waals surface area contributed by atoms with E-state index in [1.54, 1.807) is 32.0 Å². The summed E-state index contributed by atoms with van der Waals surface area (Å²) in [5.41, 5.74) is 1.67. The van der Waals surface area contributed by atoms with Gasteiger partial charge >= 0.3 is 0 Å². The van der Waals surface area contributed by atoms with Crippen LogP contribution in [0.1, 0.15) is 25.0 Å². The molecule has 7 nitrogen and oxygen atoms in total. The summed E-state index contributed by atoms with van der Waals surface area (Å²) in [5.74, 6) is 6.44. The highest BCUT2D eigenvalue weighted by atomic mass is 79.9. The van der Waals surface area contributed by atoms with E-state index in [0.29, 0.717) is 11.5 Å². The molecule has 2 N–H and O–H groups in total. The first-order chi connectivity index (χ1) is 15.1. The van der Waals surface area contributed by atoms with Crippen LogP contribution in [0.15, 0.2) is 46.9 Å². The van der Waals surface area contributed by atoms with E-state index in [-0.39, 0.29) is 19.1 Å². The molecule has 0 aliphatic heterocycles. The van der Waals surface area contributed by atoms with Crippen LogP contribution in [0, 0.1) is 17.8 Å². The molecule has 0 heterocycles. The Morgan fingerprint density at radius 3 is 2.41 bits per heavy atom. The van der Waals surface area contributed by atoms with Gasteiger partial charge in [0.2, 0.25) is 15.9 Å². The van der Waals surface area contributed by atoms with Crippen molar-refractivity contribution in [1.29, 1.82) is 0 Å². The van der Waals surface area contributed by atoms with Crippen molar-refractivity contribution in [2.75, 3.05) is 20.0 Å². The van der Waals surface area contributed by atoms with Gasteiger partial charge in [-0.25, -0.2) is 13.1 Å². The van der Waals surface area contributed by atoms with Crippen molar-refractivity contribution in [2.45, 2.75) is 26.4 Å². The molecule has 9 heteroatoms. The average Bonchev–Trinajstić information content (AvgIpc) is 2.74. The number of carbonyl (C=O) groups is 1. The molecule has 2 aromatic carbocycles. The minimum absolute atomic E-state index is 0.190. The second kappa shape index (κ2) is 11.9. The number of nitrogens with one attached hydrogen (secondary N) is 2. The summed E-state index contributed by atoms with van der Waals surface area (Å²) < 4.78 is 37.5. The monoisotopic (exact) mass is 522 g/mol. The molecule has 1 atom stereocenters. The smallest absolute Gasteiger partial charge is 0.238 e. The first kappa shape index (κ1) is 25.7. The third-order valence-corrected chi connectivity index (χ3v) is 5.57. The van der Waals surface area contributed by atoms with Gasteiger partial charge in [0.1, 0.15) is 12.6 Å². The fourth-order valence-electron chi connectivity index (χ4n) is 2.75. The maximum absolute atomic E-state index is 12.5. The third-order valence-electron chi connectivity index (χ3n) is 4.36. The van der Waals surface area contributed by atoms with E-state index in [4.69, 9.17) is 9.47 Å². The summed E-state index contributed by atoms with van der Waals surface area (Å²) >= 11 is 3.39. The molecule has 2 aromatic rings. The van der Waals surface area contributed by atoms with Gasteiger partial charge in [-0.2, -0.15) is 0 Å². The molecule has 2 rings (SSSR count). The lowest BCUT2D eigenvalue weighted by Crippen LogP contribution is -2.49. The molecule has 0 aliphatic carbocycles. The van der Waals surface area contributed by atoms with Crippen molar-refractivity contribution in [1.82, 2.24) is 10.0 Å². The Morgan fingerprint density at radius 1 is 1.12 bits per heavy atom. The van der Waals surface area contributed by atoms with Gasteiger partial charge < -0.3 is 14.8 Å². The van der Waals surface area contributed by atoms with E-state index in [0.717, 1.165) is 21.9 Å². The molecule has 0 saturated heterocycles. The van der Waals surface area contributed by atoms with E-state index in [1.165, 1.54) is 7.11 Å². The molecular formula is C23H27BrN2O5S. The van der Waals surface area contributed by atoms with Gasteiger partial charge in [0, 0.05) is 16.6 Å². The quantitative estimate of drug-likeness (QED) is 0.493. The van der Waals surface area contributed by atoms with Crippen molar-refractivity contribution in [3.63, 3.8) is 0 Å². The van der Waals surface area contributed by atoms with E-state index in [1.807, 2.05) is 24.3 Å². The van der Waals surface area contributed by atoms with Crippen molar-refractivity contribution in [3.8, 4) is 23.3 Å². The molecule has 1 amide bonds. The molecule has 0 aromatic heterocycles. The van der Waals surface area contributed by atoms with Gasteiger partial charge in [0.25, 0.3) is 0 Å². The van der Waals surface area contributed by atoms with Crippen molar-refractivity contribution in [2.24, 2.45) is 5.92 Å². The Hall–Kier alpha value is -2.54. The SMILES string of the molecule is COc1cc(CNC(=O)C(NS(C)(=O)=O)C(C)C)ccc1OCC#Cc1ccc(Br)cc1. The lowest BCUT2D eigenvalue weighted by molar-refractivity contribution is -0.123. The normalized spacial score (nSPS) is 11.9. The van der Waals surface area contributed by atoms with Crippen LogP contribution in [0.4, 0.5) is 0 Å². The summed E-state index contributed by atoms with van der Waals surface area (Å²) in [4.78, 5) is 12.5. The number of sulfonamides is 1. The Morgan fingerprint density at radius 2 is 1.81 bits per heavy atom. The average molecular weight is 523 g/mol. The van der Waals surface area contributed by atoms with Crippen molar-refractivity contribution >= 4 is 31.9 Å². The second-order valence-electron chi connectivity index (χ2n) is 7.41. The highest BCUT2D eigenvalue weighted by molar-refractivity contribution is 9.10. The van der Waals surface area contributed by atoms with E-state index in [2.05, 4.69) is 37.8 Å². The first-order valence-electron chi connectivity index (χ1n) is 9.88. The first-order valence-corrected chi connectivity index (χ1v) is 12.6. The fraction of sp³-hybridized carbons (Fsp3) is 0.348. The van der Waals surface area contributed by atoms with Crippen LogP contribution < -0.4 is 19.5 Å². The predicted molar refractivity (Wildman–Crippen MR) is 128 cm³/mol. The number of carbonyl (C=O) groups excluding carboxylic acids is 1. The van der Waals surface area contributed by atoms with E-state index >= 15 is 0 Å². The Bertz CT molecular complexity index is 1090. The highest BCUT2D eigenvalue weighted by Gasteiger charge is 2.25. The van der Waals surface area contributed by atoms with Crippen LogP contribution in [0.3, 0.4) is 0 Å². The molecule has 0 saturated carbocycles. The number of ether oxygens (including phenoxy) is 2. The molecule has 0 bridgehead atoms. The van der Waals surface area contributed by atoms with Crippen LogP contribution in [0.25, 0.3) is 0 Å². The number of hydrogen-bond donors (Lipinski definition) is 2. The lowest BCUT2D eigenvalue weighted by atomic mass is 10.0. The molecule has 1 unspecified atom stereocenters. The van der Waals surface area contributed by atoms with Gasteiger partial charge in [0.15, 0.2) is 11.5 Å². The minimum Gasteiger partial charge on any atom is -0.493 e. The van der Waals surface area contributed by atoms with Crippen LogP contribution in [-0.4, -0.2) is 40.3 Å². The van der Waals surface area contributed by atoms with Crippen LogP contribution >= 0.6 is 15.9 Å². The topological polar surface area (TPSA) is 93.7 Å². The molecule has 32 heavy (non-hydrogen) atoms. The molecule has 172 valence electrons. The third kappa shape index (κ3) is 8.54. The molecule has 0 radical (unpaired) electrons. The van der Waals surface area contributed by atoms with Gasteiger partial charge in [-0.1, -0.05) is 47.7 Å². The van der Waals surface area contributed by atoms with Gasteiger partial charge in [-0.05, 0) is 47.9 Å². The second-order valence-corrected chi connectivity index (χ2v) is 10.1. The summed E-state index contributed by atoms with van der Waals surface area (Å²) in [6.45, 7) is 3.96. The van der Waals surface area contributed by atoms with Gasteiger partial charge in [-0.15, -0.1) is 0 Å². The summed E-state index contributed by atoms with van der Waals surface area (Å²) in [5, 5.41) is 2.76. The maximum Gasteiger partial charge on any atom is 0.238 e. The zero-order chi connectivity index (χ0) is 23.7. The molecule has 0 aliphatic rings. The van der Waals surface area contributed by atoms with Gasteiger partial charge in [-0.3, -0.25) is 4.79 Å². The van der Waals surface area contributed by atoms with Crippen molar-refractivity contribution in [3.05, 3.63) is 58.1 Å². The maximum atomic E-state index is 12.5. The summed E-state index contributed by atoms with van der Waals surface area (Å²) in [6, 6.07) is 12.1. The predicted octanol–water partition coefficient (Wildman–Crippen LogP) is 3.08. The molecular weight excluding hydrogens is 496 g/mol. The number of methoxy groups -OCH3 is 1. The van der Waals surface area contributed by atoms with E-state index < -0.39 is 22.0 Å². The largest absolute Gasteiger partial charge is 0.493 e. The lowest BCUT2D eigenvalue weighted by Gasteiger charge is -2.20. The minimum atomic E-state index is -3.50. The fourth-order valence-corrected chi connectivity index (χ4v) is 3.85. The Labute approximate surface area is 198 Å². The van der Waals surface area contributed by atoms with Crippen LogP contribution in [0.2, 0.25) is 0 Å². The Kier molecular flexibility index (Phi) is 9.57. The van der Waals surface area contributed by atoms with Gasteiger partial charge in [0.05, 0.1) is 13.4 Å². The number of hydrogen-bond acceptors (Lipinski definition) is 5. The van der Waals surface area contributed by atoms with Crippen LogP contribution in [0.5, 0.6) is 11.5 Å². The molecule has 0 fully saturated rings. The van der Waals surface area contributed by atoms with E-state index in [9.17, 15) is 13.2 Å². The zero-order valence-electron chi connectivity index (χ0n) is 18.4. The number of amides is 1. The number of benzene rings is 2. The van der Waals surface area contributed by atoms with Crippen molar-refractivity contribution < 1.29 is 22.7 Å². The highest BCUT2D eigenvalue weighted by Crippen LogP contribution is 2.28. The zero-order valence-corrected chi connectivity index (χ0v) is 20.8. The number of rotatable bonds is 9. The number of halogens is 1. The Balaban J connectivity index is 1.97. The molecule has 0 spiro atoms. The summed E-state index contributed by atoms with van der Waals surface area (Å²) in [7, 11) is -1.97. The van der Waals surface area contributed by atoms with Crippen LogP contribution in [-0.2, 0) is 21.4 Å². The standard InChI is InChI=1S/C23H27BrN2O5S/c1-16(2)22(26-32(4,28)29)23(27)25-15-18-9-12-20(21(14-18)30-3)31-13-5-6-17-7-10-19(24)11-8-17/h7-12,14,16,22,26H,13,15H2,1-4H3,(H,25,27). The summed E-state index contributed by atoms with van der Waals surface area (Å²) in [6.07, 6.45) is 1.03.